The van der Waals surface area contributed by atoms with Crippen LogP contribution in [0.3, 0.4) is 0 Å². The third-order valence-corrected chi connectivity index (χ3v) is 10.2. The van der Waals surface area contributed by atoms with Gasteiger partial charge < -0.3 is 38.3 Å². The van der Waals surface area contributed by atoms with Gasteiger partial charge in [-0.2, -0.15) is 0 Å². The van der Waals surface area contributed by atoms with E-state index in [1.165, 1.54) is 7.11 Å². The van der Waals surface area contributed by atoms with E-state index in [0.717, 1.165) is 25.3 Å². The van der Waals surface area contributed by atoms with Crippen LogP contribution in [0, 0.1) is 5.92 Å². The summed E-state index contributed by atoms with van der Waals surface area (Å²) in [6.07, 6.45) is 7.95. The van der Waals surface area contributed by atoms with Gasteiger partial charge in [0.1, 0.15) is 29.3 Å². The number of methoxy groups -OCH3 is 2. The molecule has 1 saturated carbocycles. The highest BCUT2D eigenvalue weighted by Gasteiger charge is 2.45. The fourth-order valence-corrected chi connectivity index (χ4v) is 6.63. The van der Waals surface area contributed by atoms with Gasteiger partial charge in [0, 0.05) is 27.2 Å². The quantitative estimate of drug-likeness (QED) is 0.0848. The van der Waals surface area contributed by atoms with Crippen molar-refractivity contribution in [3.63, 3.8) is 0 Å². The lowest BCUT2D eigenvalue weighted by atomic mass is 9.99. The van der Waals surface area contributed by atoms with Crippen molar-refractivity contribution in [2.24, 2.45) is 5.92 Å². The summed E-state index contributed by atoms with van der Waals surface area (Å²) >= 11 is 0. The van der Waals surface area contributed by atoms with Gasteiger partial charge in [-0.05, 0) is 69.0 Å². The van der Waals surface area contributed by atoms with Crippen molar-refractivity contribution >= 4 is 26.1 Å². The van der Waals surface area contributed by atoms with Crippen LogP contribution < -0.4 is 9.47 Å². The molecule has 10 nitrogen and oxygen atoms in total. The van der Waals surface area contributed by atoms with E-state index < -0.39 is 50.2 Å². The minimum absolute atomic E-state index is 0.0295. The van der Waals surface area contributed by atoms with E-state index >= 15 is 0 Å². The molecule has 5 atom stereocenters. The van der Waals surface area contributed by atoms with Gasteiger partial charge in [-0.25, -0.2) is 9.59 Å². The van der Waals surface area contributed by atoms with Crippen molar-refractivity contribution in [3.8, 4) is 11.5 Å². The normalized spacial score (nSPS) is 22.8. The Morgan fingerprint density at radius 2 is 1.82 bits per heavy atom. The Hall–Kier alpha value is -3.48. The van der Waals surface area contributed by atoms with Crippen LogP contribution in [-0.4, -0.2) is 82.9 Å². The molecule has 49 heavy (non-hydrogen) atoms. The van der Waals surface area contributed by atoms with E-state index in [0.29, 0.717) is 29.9 Å². The first kappa shape index (κ1) is 38.3. The lowest BCUT2D eigenvalue weighted by Gasteiger charge is -2.25. The Morgan fingerprint density at radius 3 is 2.47 bits per heavy atom. The zero-order valence-corrected chi connectivity index (χ0v) is 30.8. The zero-order valence-electron chi connectivity index (χ0n) is 29.8. The number of benzene rings is 2. The predicted molar refractivity (Wildman–Crippen MR) is 190 cm³/mol. The van der Waals surface area contributed by atoms with Crippen LogP contribution in [0.1, 0.15) is 65.8 Å². The molecule has 0 amide bonds. The summed E-state index contributed by atoms with van der Waals surface area (Å²) in [7, 11) is 1.61. The van der Waals surface area contributed by atoms with Gasteiger partial charge in [-0.15, -0.1) is 0 Å². The number of rotatable bonds is 16. The summed E-state index contributed by atoms with van der Waals surface area (Å²) < 4.78 is 40.9. The third-order valence-electron chi connectivity index (χ3n) is 8.51. The molecule has 1 heterocycles. The fourth-order valence-electron chi connectivity index (χ4n) is 5.92. The fraction of sp³-hybridized carbons (Fsp3) is 0.526. The van der Waals surface area contributed by atoms with Crippen LogP contribution in [0.5, 0.6) is 11.5 Å². The molecule has 1 aliphatic heterocycles. The van der Waals surface area contributed by atoms with Gasteiger partial charge in [0.15, 0.2) is 12.6 Å². The lowest BCUT2D eigenvalue weighted by Crippen LogP contribution is -2.37. The molecular weight excluding hydrogens is 644 g/mol. The summed E-state index contributed by atoms with van der Waals surface area (Å²) in [5, 5.41) is 10.5. The van der Waals surface area contributed by atoms with E-state index in [-0.39, 0.29) is 24.0 Å². The Bertz CT molecular complexity index is 1450. The average Bonchev–Trinajstić information content (AvgIpc) is 3.61. The van der Waals surface area contributed by atoms with Crippen LogP contribution in [0.15, 0.2) is 60.7 Å². The molecule has 0 spiro atoms. The molecule has 4 rings (SSSR count). The van der Waals surface area contributed by atoms with Crippen molar-refractivity contribution in [3.05, 3.63) is 77.4 Å². The molecule has 2 aliphatic rings. The van der Waals surface area contributed by atoms with E-state index in [4.69, 9.17) is 33.2 Å². The number of ether oxygens (including phenoxy) is 7. The topological polar surface area (TPSA) is 119 Å². The van der Waals surface area contributed by atoms with Crippen LogP contribution in [0.25, 0.3) is 6.08 Å². The summed E-state index contributed by atoms with van der Waals surface area (Å²) in [5.74, 6) is -1.19. The lowest BCUT2D eigenvalue weighted by molar-refractivity contribution is -0.152. The number of hydrogen-bond donors (Lipinski definition) is 1. The van der Waals surface area contributed by atoms with Gasteiger partial charge in [-0.1, -0.05) is 62.5 Å². The van der Waals surface area contributed by atoms with Gasteiger partial charge in [0.05, 0.1) is 31.5 Å². The number of esters is 2. The Labute approximate surface area is 291 Å². The number of aliphatic hydroxyl groups is 1. The molecule has 2 aromatic rings. The second-order valence-corrected chi connectivity index (χ2v) is 19.8. The highest BCUT2D eigenvalue weighted by Crippen LogP contribution is 2.36. The van der Waals surface area contributed by atoms with Gasteiger partial charge in [0.2, 0.25) is 0 Å². The Kier molecular flexibility index (Phi) is 13.6. The minimum Gasteiger partial charge on any atom is -0.497 e. The van der Waals surface area contributed by atoms with Crippen LogP contribution >= 0.6 is 0 Å². The molecule has 2 aromatic carbocycles. The second-order valence-electron chi connectivity index (χ2n) is 14.1. The van der Waals surface area contributed by atoms with E-state index in [1.807, 2.05) is 38.1 Å². The Balaban J connectivity index is 1.62. The molecule has 2 fully saturated rings. The van der Waals surface area contributed by atoms with Gasteiger partial charge in [0.25, 0.3) is 0 Å². The molecule has 268 valence electrons. The first-order valence-corrected chi connectivity index (χ1v) is 20.7. The maximum Gasteiger partial charge on any atom is 0.342 e. The second kappa shape index (κ2) is 17.4. The molecule has 1 N–H and O–H groups in total. The van der Waals surface area contributed by atoms with Crippen LogP contribution in [-0.2, 0) is 23.7 Å². The van der Waals surface area contributed by atoms with Crippen molar-refractivity contribution in [2.45, 2.75) is 95.4 Å². The highest BCUT2D eigenvalue weighted by atomic mass is 28.3. The SMILES string of the molecule is COCOc1cc(OC)cc(/C=C/C[C@H]2OC(C)(C)O[C@H]2C(/C=C\C2CCCC2O)OC(=O)c2ccccc2)c1C(=O)OCC[Si](C)(C)C. The molecule has 0 bridgehead atoms. The van der Waals surface area contributed by atoms with Crippen molar-refractivity contribution < 1.29 is 47.9 Å². The standard InChI is InChI=1S/C38H52O10Si/c1-38(2)47-32(35(48-38)31(20-19-26-15-11-17-30(26)39)46-36(40)27-13-9-8-10-14-27)18-12-16-28-23-29(43-4)24-33(45-25-42-3)34(28)37(41)44-21-22-49(5,6)7/h8-10,12-14,16,19-20,23-24,26,30-32,35,39H,11,15,17-18,21-22,25H2,1-7H3/b16-12+,20-19-/t26?,30?,31?,32-,35+/m1/s1. The van der Waals surface area contributed by atoms with E-state index in [1.54, 1.807) is 49.6 Å². The Morgan fingerprint density at radius 1 is 1.06 bits per heavy atom. The van der Waals surface area contributed by atoms with Crippen molar-refractivity contribution in [1.82, 2.24) is 0 Å². The first-order valence-electron chi connectivity index (χ1n) is 17.0. The minimum atomic E-state index is -1.44. The molecule has 1 aliphatic carbocycles. The molecule has 11 heteroatoms. The average molecular weight is 697 g/mol. The summed E-state index contributed by atoms with van der Waals surface area (Å²) in [4.78, 5) is 26.7. The summed E-state index contributed by atoms with van der Waals surface area (Å²) in [6, 6.07) is 13.0. The van der Waals surface area contributed by atoms with Gasteiger partial charge in [-0.3, -0.25) is 0 Å². The molecule has 1 saturated heterocycles. The number of carbonyl (C=O) groups is 2. The monoisotopic (exact) mass is 696 g/mol. The number of hydrogen-bond acceptors (Lipinski definition) is 10. The van der Waals surface area contributed by atoms with E-state index in [9.17, 15) is 14.7 Å². The third kappa shape index (κ3) is 11.3. The van der Waals surface area contributed by atoms with Crippen molar-refractivity contribution in [2.75, 3.05) is 27.6 Å². The largest absolute Gasteiger partial charge is 0.497 e. The first-order chi connectivity index (χ1) is 23.3. The zero-order chi connectivity index (χ0) is 35.6. The maximum atomic E-state index is 13.5. The molecule has 3 unspecified atom stereocenters. The van der Waals surface area contributed by atoms with Crippen molar-refractivity contribution in [1.29, 1.82) is 0 Å². The van der Waals surface area contributed by atoms with E-state index in [2.05, 4.69) is 19.6 Å². The molecule has 0 aromatic heterocycles. The maximum absolute atomic E-state index is 13.5. The van der Waals surface area contributed by atoms with Crippen LogP contribution in [0.2, 0.25) is 25.7 Å². The van der Waals surface area contributed by atoms with Crippen LogP contribution in [0.4, 0.5) is 0 Å². The summed E-state index contributed by atoms with van der Waals surface area (Å²) in [6.45, 7) is 10.6. The van der Waals surface area contributed by atoms with Gasteiger partial charge >= 0.3 is 11.9 Å². The smallest absolute Gasteiger partial charge is 0.342 e. The molecule has 0 radical (unpaired) electrons. The molecular formula is C38H52O10Si. The summed E-state index contributed by atoms with van der Waals surface area (Å²) in [5.41, 5.74) is 1.23. The number of carbonyl (C=O) groups excluding carboxylic acids is 2. The number of aliphatic hydroxyl groups excluding tert-OH is 1. The predicted octanol–water partition coefficient (Wildman–Crippen LogP) is 7.04. The highest BCUT2D eigenvalue weighted by molar-refractivity contribution is 6.76.